The molecule has 0 bridgehead atoms. The minimum absolute atomic E-state index is 0.693. The van der Waals surface area contributed by atoms with Gasteiger partial charge in [0.2, 0.25) is 0 Å². The molecule has 1 aromatic carbocycles. The molecule has 0 atom stereocenters. The molecular formula is C21H24N2S. The maximum Gasteiger partial charge on any atom is 0.0740 e. The summed E-state index contributed by atoms with van der Waals surface area (Å²) in [7, 11) is 0. The summed E-state index contributed by atoms with van der Waals surface area (Å²) in [5.74, 6) is 1.64. The maximum atomic E-state index is 4.69. The van der Waals surface area contributed by atoms with Crippen LogP contribution in [-0.4, -0.2) is 10.1 Å². The third kappa shape index (κ3) is 4.17. The van der Waals surface area contributed by atoms with Gasteiger partial charge in [-0.2, -0.15) is 4.99 Å². The Morgan fingerprint density at radius 3 is 2.42 bits per heavy atom. The predicted molar refractivity (Wildman–Crippen MR) is 104 cm³/mol. The van der Waals surface area contributed by atoms with Gasteiger partial charge in [-0.3, -0.25) is 4.98 Å². The zero-order valence-electron chi connectivity index (χ0n) is 14.2. The van der Waals surface area contributed by atoms with Crippen LogP contribution < -0.4 is 0 Å². The van der Waals surface area contributed by atoms with Gasteiger partial charge in [-0.25, -0.2) is 0 Å². The number of aromatic nitrogens is 1. The SMILES string of the molecule is CCCC1CCC(c2ccc(-c3ccc(N=C=S)cc3)nc2)CC1. The van der Waals surface area contributed by atoms with Crippen LogP contribution in [0.3, 0.4) is 0 Å². The normalized spacial score (nSPS) is 20.4. The number of thiocarbonyl (C=S) groups is 1. The fraction of sp³-hybridized carbons (Fsp3) is 0.429. The lowest BCUT2D eigenvalue weighted by atomic mass is 9.77. The average Bonchev–Trinajstić information content (AvgIpc) is 2.64. The summed E-state index contributed by atoms with van der Waals surface area (Å²) < 4.78 is 0. The van der Waals surface area contributed by atoms with E-state index in [1.807, 2.05) is 24.3 Å². The molecule has 24 heavy (non-hydrogen) atoms. The van der Waals surface area contributed by atoms with Crippen molar-refractivity contribution < 1.29 is 0 Å². The summed E-state index contributed by atoms with van der Waals surface area (Å²) in [6.45, 7) is 2.29. The standard InChI is InChI=1S/C21H24N2S/c1-2-3-16-4-6-17(7-5-16)19-10-13-21(22-14-19)18-8-11-20(12-9-18)23-15-24/h8-14,16-17H,2-7H2,1H3. The highest BCUT2D eigenvalue weighted by molar-refractivity contribution is 7.78. The van der Waals surface area contributed by atoms with E-state index in [9.17, 15) is 0 Å². The van der Waals surface area contributed by atoms with E-state index in [-0.39, 0.29) is 0 Å². The number of rotatable bonds is 5. The van der Waals surface area contributed by atoms with Crippen LogP contribution in [-0.2, 0) is 0 Å². The highest BCUT2D eigenvalue weighted by atomic mass is 32.1. The summed E-state index contributed by atoms with van der Waals surface area (Å²) in [5, 5.41) is 2.39. The lowest BCUT2D eigenvalue weighted by molar-refractivity contribution is 0.308. The van der Waals surface area contributed by atoms with Crippen molar-refractivity contribution in [1.29, 1.82) is 0 Å². The van der Waals surface area contributed by atoms with Crippen molar-refractivity contribution in [3.8, 4) is 11.3 Å². The Balaban J connectivity index is 1.66. The van der Waals surface area contributed by atoms with Crippen molar-refractivity contribution in [2.45, 2.75) is 51.4 Å². The molecule has 0 spiro atoms. The molecule has 1 fully saturated rings. The molecule has 0 unspecified atom stereocenters. The topological polar surface area (TPSA) is 25.2 Å². The predicted octanol–water partition coefficient (Wildman–Crippen LogP) is 6.56. The van der Waals surface area contributed by atoms with E-state index in [0.29, 0.717) is 5.92 Å². The molecule has 1 aromatic heterocycles. The van der Waals surface area contributed by atoms with Crippen molar-refractivity contribution in [2.24, 2.45) is 10.9 Å². The van der Waals surface area contributed by atoms with E-state index in [0.717, 1.165) is 22.9 Å². The monoisotopic (exact) mass is 336 g/mol. The van der Waals surface area contributed by atoms with Gasteiger partial charge in [0.15, 0.2) is 0 Å². The number of isothiocyanates is 1. The van der Waals surface area contributed by atoms with E-state index < -0.39 is 0 Å². The van der Waals surface area contributed by atoms with Crippen LogP contribution >= 0.6 is 12.2 Å². The molecule has 1 aliphatic rings. The number of nitrogens with zero attached hydrogens (tertiary/aromatic N) is 2. The van der Waals surface area contributed by atoms with Gasteiger partial charge in [0.05, 0.1) is 16.5 Å². The van der Waals surface area contributed by atoms with Gasteiger partial charge in [0.1, 0.15) is 0 Å². The molecule has 1 saturated carbocycles. The van der Waals surface area contributed by atoms with Gasteiger partial charge in [0.25, 0.3) is 0 Å². The molecule has 1 heterocycles. The first kappa shape index (κ1) is 17.0. The molecular weight excluding hydrogens is 312 g/mol. The van der Waals surface area contributed by atoms with Crippen molar-refractivity contribution in [3.63, 3.8) is 0 Å². The minimum atomic E-state index is 0.693. The van der Waals surface area contributed by atoms with Crippen molar-refractivity contribution >= 4 is 23.1 Å². The average molecular weight is 337 g/mol. The van der Waals surface area contributed by atoms with Crippen LogP contribution in [0.5, 0.6) is 0 Å². The molecule has 3 heteroatoms. The molecule has 0 amide bonds. The van der Waals surface area contributed by atoms with Gasteiger partial charge in [-0.05, 0) is 73.5 Å². The Labute approximate surface area is 150 Å². The molecule has 1 aliphatic carbocycles. The molecule has 2 aromatic rings. The van der Waals surface area contributed by atoms with Crippen LogP contribution in [0.2, 0.25) is 0 Å². The van der Waals surface area contributed by atoms with Gasteiger partial charge in [-0.15, -0.1) is 0 Å². The summed E-state index contributed by atoms with van der Waals surface area (Å²) in [6, 6.07) is 12.4. The lowest BCUT2D eigenvalue weighted by Gasteiger charge is -2.28. The lowest BCUT2D eigenvalue weighted by Crippen LogP contribution is -2.13. The summed E-state index contributed by atoms with van der Waals surface area (Å²) in [5.41, 5.74) is 4.35. The van der Waals surface area contributed by atoms with Crippen LogP contribution in [0.4, 0.5) is 5.69 Å². The second kappa shape index (κ2) is 8.32. The smallest absolute Gasteiger partial charge is 0.0740 e. The van der Waals surface area contributed by atoms with E-state index in [4.69, 9.17) is 0 Å². The number of aliphatic imine (C=N–C) groups is 1. The Hall–Kier alpha value is -1.83. The Kier molecular flexibility index (Phi) is 5.90. The van der Waals surface area contributed by atoms with Gasteiger partial charge in [-0.1, -0.05) is 38.0 Å². The summed E-state index contributed by atoms with van der Waals surface area (Å²) in [4.78, 5) is 8.67. The van der Waals surface area contributed by atoms with Gasteiger partial charge < -0.3 is 0 Å². The zero-order valence-corrected chi connectivity index (χ0v) is 15.1. The number of hydrogen-bond acceptors (Lipinski definition) is 3. The number of benzene rings is 1. The molecule has 3 rings (SSSR count). The molecule has 0 saturated heterocycles. The van der Waals surface area contributed by atoms with Crippen LogP contribution in [0.1, 0.15) is 56.9 Å². The van der Waals surface area contributed by atoms with Gasteiger partial charge >= 0.3 is 0 Å². The number of pyridine rings is 1. The van der Waals surface area contributed by atoms with E-state index in [1.165, 1.54) is 44.1 Å². The minimum Gasteiger partial charge on any atom is -0.256 e. The van der Waals surface area contributed by atoms with Crippen molar-refractivity contribution in [1.82, 2.24) is 4.98 Å². The second-order valence-electron chi connectivity index (χ2n) is 6.73. The van der Waals surface area contributed by atoms with E-state index in [2.05, 4.69) is 52.6 Å². The fourth-order valence-corrected chi connectivity index (χ4v) is 3.88. The summed E-state index contributed by atoms with van der Waals surface area (Å²) in [6.07, 6.45) is 10.2. The van der Waals surface area contributed by atoms with Crippen molar-refractivity contribution in [2.75, 3.05) is 0 Å². The first-order valence-electron chi connectivity index (χ1n) is 8.94. The molecule has 0 N–H and O–H groups in total. The Morgan fingerprint density at radius 1 is 1.08 bits per heavy atom. The van der Waals surface area contributed by atoms with E-state index >= 15 is 0 Å². The fourth-order valence-electron chi connectivity index (χ4n) is 3.77. The van der Waals surface area contributed by atoms with Crippen molar-refractivity contribution in [3.05, 3.63) is 48.2 Å². The molecule has 0 radical (unpaired) electrons. The Bertz CT molecular complexity index is 692. The summed E-state index contributed by atoms with van der Waals surface area (Å²) >= 11 is 4.63. The Morgan fingerprint density at radius 2 is 1.83 bits per heavy atom. The molecule has 2 nitrogen and oxygen atoms in total. The van der Waals surface area contributed by atoms with Crippen LogP contribution in [0.25, 0.3) is 11.3 Å². The molecule has 124 valence electrons. The quantitative estimate of drug-likeness (QED) is 0.456. The zero-order chi connectivity index (χ0) is 16.8. The largest absolute Gasteiger partial charge is 0.256 e. The van der Waals surface area contributed by atoms with Crippen LogP contribution in [0.15, 0.2) is 47.6 Å². The third-order valence-electron chi connectivity index (χ3n) is 5.14. The maximum absolute atomic E-state index is 4.69. The highest BCUT2D eigenvalue weighted by Gasteiger charge is 2.21. The molecule has 0 aliphatic heterocycles. The first-order valence-corrected chi connectivity index (χ1v) is 9.35. The second-order valence-corrected chi connectivity index (χ2v) is 6.92. The highest BCUT2D eigenvalue weighted by Crippen LogP contribution is 2.37. The van der Waals surface area contributed by atoms with Gasteiger partial charge in [0, 0.05) is 11.8 Å². The third-order valence-corrected chi connectivity index (χ3v) is 5.23. The van der Waals surface area contributed by atoms with E-state index in [1.54, 1.807) is 0 Å². The van der Waals surface area contributed by atoms with Crippen LogP contribution in [0, 0.1) is 5.92 Å². The number of hydrogen-bond donors (Lipinski definition) is 0. The first-order chi connectivity index (χ1) is 11.8.